The molecule has 2 aromatic rings. The van der Waals surface area contributed by atoms with Gasteiger partial charge in [-0.3, -0.25) is 9.78 Å². The normalized spacial score (nSPS) is 15.8. The molecule has 1 aliphatic heterocycles. The molecule has 10 heteroatoms. The number of carbonyl (C=O) groups is 1. The Hall–Kier alpha value is -2.23. The number of amides is 1. The van der Waals surface area contributed by atoms with Gasteiger partial charge in [-0.05, 0) is 12.1 Å². The molecule has 0 radical (unpaired) electrons. The maximum absolute atomic E-state index is 12.5. The maximum atomic E-state index is 12.5. The van der Waals surface area contributed by atoms with Crippen molar-refractivity contribution in [2.24, 2.45) is 0 Å². The van der Waals surface area contributed by atoms with Gasteiger partial charge in [0.2, 0.25) is 0 Å². The summed E-state index contributed by atoms with van der Waals surface area (Å²) in [5, 5.41) is 0. The fourth-order valence-corrected chi connectivity index (χ4v) is 2.74. The van der Waals surface area contributed by atoms with Crippen LogP contribution in [0.3, 0.4) is 0 Å². The molecule has 122 valence electrons. The molecule has 0 unspecified atom stereocenters. The highest BCUT2D eigenvalue weighted by Gasteiger charge is 2.32. The second-order valence-electron chi connectivity index (χ2n) is 4.97. The van der Waals surface area contributed by atoms with Crippen molar-refractivity contribution in [1.29, 1.82) is 0 Å². The van der Waals surface area contributed by atoms with Crippen molar-refractivity contribution in [1.82, 2.24) is 18.6 Å². The van der Waals surface area contributed by atoms with Crippen molar-refractivity contribution in [2.45, 2.75) is 6.18 Å². The Labute approximate surface area is 133 Å². The van der Waals surface area contributed by atoms with Crippen molar-refractivity contribution in [3.63, 3.8) is 0 Å². The molecular formula is C13H12F3N5OS. The molecule has 3 rings (SSSR count). The molecule has 6 nitrogen and oxygen atoms in total. The van der Waals surface area contributed by atoms with Gasteiger partial charge in [-0.1, -0.05) is 0 Å². The van der Waals surface area contributed by atoms with Crippen LogP contribution in [0.25, 0.3) is 0 Å². The smallest absolute Gasteiger partial charge is 0.351 e. The standard InChI is InChI=1S/C13H12F3N5OS/c14-13(15,16)10-2-1-9(7-17-10)12(22)21-5-3-20(4-6-21)11-8-18-23-19-11/h1-2,7-8H,3-6H2. The van der Waals surface area contributed by atoms with Gasteiger partial charge < -0.3 is 9.80 Å². The Morgan fingerprint density at radius 2 is 1.87 bits per heavy atom. The molecule has 1 fully saturated rings. The molecule has 1 saturated heterocycles. The van der Waals surface area contributed by atoms with E-state index in [0.29, 0.717) is 26.2 Å². The van der Waals surface area contributed by atoms with Crippen LogP contribution in [0.5, 0.6) is 0 Å². The average molecular weight is 343 g/mol. The van der Waals surface area contributed by atoms with Gasteiger partial charge in [-0.2, -0.15) is 21.9 Å². The van der Waals surface area contributed by atoms with Crippen molar-refractivity contribution < 1.29 is 18.0 Å². The van der Waals surface area contributed by atoms with Crippen LogP contribution in [0, 0.1) is 0 Å². The summed E-state index contributed by atoms with van der Waals surface area (Å²) in [6.45, 7) is 2.14. The van der Waals surface area contributed by atoms with Gasteiger partial charge in [0, 0.05) is 32.4 Å². The lowest BCUT2D eigenvalue weighted by Crippen LogP contribution is -2.49. The quantitative estimate of drug-likeness (QED) is 0.834. The summed E-state index contributed by atoms with van der Waals surface area (Å²) in [6.07, 6.45) is -1.86. The molecule has 0 bridgehead atoms. The molecule has 0 aromatic carbocycles. The number of pyridine rings is 1. The molecule has 0 aliphatic carbocycles. The first-order chi connectivity index (χ1) is 10.9. The number of piperazine rings is 1. The SMILES string of the molecule is O=C(c1ccc(C(F)(F)F)nc1)N1CCN(c2cnsn2)CC1. The van der Waals surface area contributed by atoms with Crippen LogP contribution in [0.2, 0.25) is 0 Å². The van der Waals surface area contributed by atoms with Crippen LogP contribution >= 0.6 is 11.7 Å². The number of rotatable bonds is 2. The molecule has 1 aliphatic rings. The summed E-state index contributed by atoms with van der Waals surface area (Å²) >= 11 is 1.12. The van der Waals surface area contributed by atoms with Crippen molar-refractivity contribution in [3.8, 4) is 0 Å². The minimum absolute atomic E-state index is 0.154. The lowest BCUT2D eigenvalue weighted by Gasteiger charge is -2.34. The monoisotopic (exact) mass is 343 g/mol. The minimum Gasteiger partial charge on any atom is -0.351 e. The molecule has 0 N–H and O–H groups in total. The van der Waals surface area contributed by atoms with E-state index in [4.69, 9.17) is 0 Å². The number of alkyl halides is 3. The fourth-order valence-electron chi connectivity index (χ4n) is 2.31. The van der Waals surface area contributed by atoms with E-state index in [2.05, 4.69) is 13.7 Å². The van der Waals surface area contributed by atoms with Crippen LogP contribution in [-0.4, -0.2) is 50.7 Å². The Morgan fingerprint density at radius 1 is 1.13 bits per heavy atom. The van der Waals surface area contributed by atoms with Gasteiger partial charge in [-0.25, -0.2) is 0 Å². The molecule has 1 amide bonds. The van der Waals surface area contributed by atoms with Gasteiger partial charge in [0.25, 0.3) is 5.91 Å². The van der Waals surface area contributed by atoms with Crippen LogP contribution in [0.4, 0.5) is 19.0 Å². The molecule has 0 saturated carbocycles. The Morgan fingerprint density at radius 3 is 2.39 bits per heavy atom. The third-order valence-electron chi connectivity index (χ3n) is 3.54. The summed E-state index contributed by atoms with van der Waals surface area (Å²) in [4.78, 5) is 19.2. The number of halogens is 3. The van der Waals surface area contributed by atoms with Gasteiger partial charge in [-0.15, -0.1) is 0 Å². The first kappa shape index (κ1) is 15.7. The molecule has 2 aromatic heterocycles. The predicted molar refractivity (Wildman–Crippen MR) is 77.3 cm³/mol. The number of anilines is 1. The van der Waals surface area contributed by atoms with Crippen LogP contribution in [0.1, 0.15) is 16.1 Å². The highest BCUT2D eigenvalue weighted by Crippen LogP contribution is 2.27. The predicted octanol–water partition coefficient (Wildman–Crippen LogP) is 1.91. The summed E-state index contributed by atoms with van der Waals surface area (Å²) in [6, 6.07) is 1.99. The van der Waals surface area contributed by atoms with E-state index in [0.717, 1.165) is 35.9 Å². The van der Waals surface area contributed by atoms with E-state index in [9.17, 15) is 18.0 Å². The van der Waals surface area contributed by atoms with Gasteiger partial charge in [0.05, 0.1) is 23.5 Å². The molecule has 3 heterocycles. The van der Waals surface area contributed by atoms with Crippen LogP contribution in [-0.2, 0) is 6.18 Å². The first-order valence-corrected chi connectivity index (χ1v) is 7.53. The van der Waals surface area contributed by atoms with E-state index in [1.807, 2.05) is 4.90 Å². The third kappa shape index (κ3) is 3.41. The molecule has 23 heavy (non-hydrogen) atoms. The van der Waals surface area contributed by atoms with Crippen molar-refractivity contribution in [3.05, 3.63) is 35.8 Å². The zero-order valence-corrected chi connectivity index (χ0v) is 12.6. The number of hydrogen-bond donors (Lipinski definition) is 0. The molecular weight excluding hydrogens is 331 g/mol. The van der Waals surface area contributed by atoms with Gasteiger partial charge in [0.1, 0.15) is 5.69 Å². The van der Waals surface area contributed by atoms with Crippen LogP contribution in [0.15, 0.2) is 24.5 Å². The maximum Gasteiger partial charge on any atom is 0.433 e. The third-order valence-corrected chi connectivity index (χ3v) is 4.01. The second-order valence-corrected chi connectivity index (χ2v) is 5.53. The summed E-state index contributed by atoms with van der Waals surface area (Å²) in [5.74, 6) is 0.459. The Bertz CT molecular complexity index is 666. The fraction of sp³-hybridized carbons (Fsp3) is 0.385. The number of carbonyl (C=O) groups excluding carboxylic acids is 1. The summed E-state index contributed by atoms with van der Waals surface area (Å²) in [5.41, 5.74) is -0.850. The molecule has 0 atom stereocenters. The topological polar surface area (TPSA) is 62.2 Å². The summed E-state index contributed by atoms with van der Waals surface area (Å²) in [7, 11) is 0. The van der Waals surface area contributed by atoms with E-state index in [-0.39, 0.29) is 11.5 Å². The number of nitrogens with zero attached hydrogens (tertiary/aromatic N) is 5. The zero-order valence-electron chi connectivity index (χ0n) is 11.8. The van der Waals surface area contributed by atoms with E-state index in [1.165, 1.54) is 0 Å². The first-order valence-electron chi connectivity index (χ1n) is 6.80. The highest BCUT2D eigenvalue weighted by atomic mass is 32.1. The Kier molecular flexibility index (Phi) is 4.16. The largest absolute Gasteiger partial charge is 0.433 e. The Balaban J connectivity index is 1.63. The second kappa shape index (κ2) is 6.11. The van der Waals surface area contributed by atoms with E-state index < -0.39 is 11.9 Å². The zero-order chi connectivity index (χ0) is 16.4. The number of aromatic nitrogens is 3. The van der Waals surface area contributed by atoms with Crippen molar-refractivity contribution >= 4 is 23.5 Å². The highest BCUT2D eigenvalue weighted by molar-refractivity contribution is 6.99. The lowest BCUT2D eigenvalue weighted by molar-refractivity contribution is -0.141. The van der Waals surface area contributed by atoms with E-state index in [1.54, 1.807) is 11.1 Å². The average Bonchev–Trinajstić information content (AvgIpc) is 3.08. The van der Waals surface area contributed by atoms with Crippen molar-refractivity contribution in [2.75, 3.05) is 31.1 Å². The van der Waals surface area contributed by atoms with Gasteiger partial charge in [0.15, 0.2) is 5.82 Å². The molecule has 0 spiro atoms. The van der Waals surface area contributed by atoms with E-state index >= 15 is 0 Å². The van der Waals surface area contributed by atoms with Crippen LogP contribution < -0.4 is 4.90 Å². The lowest BCUT2D eigenvalue weighted by atomic mass is 10.2. The number of hydrogen-bond acceptors (Lipinski definition) is 6. The summed E-state index contributed by atoms with van der Waals surface area (Å²) < 4.78 is 45.5. The van der Waals surface area contributed by atoms with Gasteiger partial charge >= 0.3 is 6.18 Å². The minimum atomic E-state index is -4.51.